The Hall–Kier alpha value is -4.48. The molecule has 39 heavy (non-hydrogen) atoms. The van der Waals surface area contributed by atoms with Crippen molar-refractivity contribution in [3.8, 4) is 17.1 Å². The number of aromatic nitrogens is 4. The van der Waals surface area contributed by atoms with Crippen LogP contribution in [-0.4, -0.2) is 25.9 Å². The van der Waals surface area contributed by atoms with Crippen LogP contribution in [-0.2, 0) is 5.54 Å². The highest BCUT2D eigenvalue weighted by atomic mass is 35.5. The summed E-state index contributed by atoms with van der Waals surface area (Å²) in [5, 5.41) is 6.68. The fourth-order valence-electron chi connectivity index (χ4n) is 5.22. The molecule has 3 aromatic heterocycles. The van der Waals surface area contributed by atoms with Gasteiger partial charge in [-0.1, -0.05) is 103 Å². The Morgan fingerprint density at radius 2 is 1.31 bits per heavy atom. The molecule has 3 aromatic carbocycles. The summed E-state index contributed by atoms with van der Waals surface area (Å²) in [4.78, 5) is 8.90. The van der Waals surface area contributed by atoms with Gasteiger partial charge in [0.25, 0.3) is 0 Å². The SMILES string of the molecule is CC(C)Oc1cc2c(-c3ccnc(Cl)c3)nn(C(c3ccccc3)(c3ccccc3)c3ccccc3)c2cn1. The molecule has 0 unspecified atom stereocenters. The van der Waals surface area contributed by atoms with Gasteiger partial charge in [0.1, 0.15) is 16.4 Å². The second kappa shape index (κ2) is 10.4. The Bertz CT molecular complexity index is 1620. The van der Waals surface area contributed by atoms with E-state index < -0.39 is 5.54 Å². The van der Waals surface area contributed by atoms with Gasteiger partial charge < -0.3 is 4.74 Å². The van der Waals surface area contributed by atoms with Crippen molar-refractivity contribution < 1.29 is 4.74 Å². The van der Waals surface area contributed by atoms with E-state index in [-0.39, 0.29) is 6.10 Å². The van der Waals surface area contributed by atoms with E-state index in [9.17, 15) is 0 Å². The van der Waals surface area contributed by atoms with Crippen LogP contribution in [0.4, 0.5) is 0 Å². The van der Waals surface area contributed by atoms with E-state index in [2.05, 4.69) is 82.5 Å². The first-order valence-corrected chi connectivity index (χ1v) is 13.3. The largest absolute Gasteiger partial charge is 0.475 e. The summed E-state index contributed by atoms with van der Waals surface area (Å²) >= 11 is 6.35. The van der Waals surface area contributed by atoms with Gasteiger partial charge in [-0.2, -0.15) is 5.10 Å². The normalized spacial score (nSPS) is 11.7. The van der Waals surface area contributed by atoms with Crippen molar-refractivity contribution in [3.63, 3.8) is 0 Å². The molecule has 0 radical (unpaired) electrons. The lowest BCUT2D eigenvalue weighted by molar-refractivity contribution is 0.233. The molecule has 0 aliphatic rings. The number of benzene rings is 3. The predicted molar refractivity (Wildman–Crippen MR) is 156 cm³/mol. The van der Waals surface area contributed by atoms with Crippen LogP contribution in [0.2, 0.25) is 5.15 Å². The fourth-order valence-corrected chi connectivity index (χ4v) is 5.40. The summed E-state index contributed by atoms with van der Waals surface area (Å²) in [6, 6.07) is 37.2. The minimum atomic E-state index is -0.792. The van der Waals surface area contributed by atoms with Crippen LogP contribution in [0.3, 0.4) is 0 Å². The molecule has 0 atom stereocenters. The number of hydrogen-bond acceptors (Lipinski definition) is 4. The van der Waals surface area contributed by atoms with E-state index in [1.165, 1.54) is 0 Å². The second-order valence-corrected chi connectivity index (χ2v) is 10.0. The molecule has 192 valence electrons. The fraction of sp³-hybridized carbons (Fsp3) is 0.121. The van der Waals surface area contributed by atoms with Crippen LogP contribution in [0.25, 0.3) is 22.2 Å². The number of rotatable bonds is 7. The number of fused-ring (bicyclic) bond motifs is 1. The molecular weight excluding hydrogens is 504 g/mol. The maximum absolute atomic E-state index is 6.35. The maximum atomic E-state index is 6.35. The Morgan fingerprint density at radius 1 is 0.744 bits per heavy atom. The maximum Gasteiger partial charge on any atom is 0.214 e. The second-order valence-electron chi connectivity index (χ2n) is 9.64. The van der Waals surface area contributed by atoms with Crippen LogP contribution in [0.15, 0.2) is 122 Å². The zero-order valence-corrected chi connectivity index (χ0v) is 22.5. The highest BCUT2D eigenvalue weighted by Gasteiger charge is 2.41. The molecule has 0 N–H and O–H groups in total. The third-order valence-corrected chi connectivity index (χ3v) is 7.00. The highest BCUT2D eigenvalue weighted by molar-refractivity contribution is 6.29. The van der Waals surface area contributed by atoms with Crippen LogP contribution in [0.1, 0.15) is 30.5 Å². The van der Waals surface area contributed by atoms with E-state index >= 15 is 0 Å². The molecule has 0 aliphatic heterocycles. The zero-order chi connectivity index (χ0) is 26.8. The van der Waals surface area contributed by atoms with E-state index in [1.807, 2.05) is 56.4 Å². The number of halogens is 1. The van der Waals surface area contributed by atoms with Crippen LogP contribution < -0.4 is 4.74 Å². The lowest BCUT2D eigenvalue weighted by Crippen LogP contribution is -2.38. The van der Waals surface area contributed by atoms with E-state index in [1.54, 1.807) is 6.20 Å². The van der Waals surface area contributed by atoms with E-state index in [0.29, 0.717) is 11.0 Å². The van der Waals surface area contributed by atoms with Crippen molar-refractivity contribution in [3.05, 3.63) is 143 Å². The number of pyridine rings is 2. The molecule has 5 nitrogen and oxygen atoms in total. The van der Waals surface area contributed by atoms with Gasteiger partial charge in [0.2, 0.25) is 5.88 Å². The standard InChI is InChI=1S/C33H27ClN4O/c1-23(2)39-31-21-28-29(22-36-31)38(37-32(28)24-18-19-35-30(34)20-24)33(25-12-6-3-7-13-25,26-14-8-4-9-15-26)27-16-10-5-11-17-27/h3-23H,1-2H3. The number of hydrogen-bond donors (Lipinski definition) is 0. The minimum absolute atomic E-state index is 0.0131. The summed E-state index contributed by atoms with van der Waals surface area (Å²) in [5.74, 6) is 0.545. The topological polar surface area (TPSA) is 52.8 Å². The van der Waals surface area contributed by atoms with Gasteiger partial charge in [-0.3, -0.25) is 0 Å². The zero-order valence-electron chi connectivity index (χ0n) is 21.7. The van der Waals surface area contributed by atoms with Gasteiger partial charge in [-0.15, -0.1) is 0 Å². The molecule has 0 fully saturated rings. The summed E-state index contributed by atoms with van der Waals surface area (Å²) in [5.41, 5.74) is 4.95. The van der Waals surface area contributed by atoms with Crippen molar-refractivity contribution in [1.29, 1.82) is 0 Å². The highest BCUT2D eigenvalue weighted by Crippen LogP contribution is 2.44. The average molecular weight is 531 g/mol. The molecule has 6 rings (SSSR count). The minimum Gasteiger partial charge on any atom is -0.475 e. The smallest absolute Gasteiger partial charge is 0.214 e. The van der Waals surface area contributed by atoms with Gasteiger partial charge in [0, 0.05) is 23.2 Å². The Morgan fingerprint density at radius 3 is 1.82 bits per heavy atom. The molecule has 0 saturated heterocycles. The van der Waals surface area contributed by atoms with E-state index in [4.69, 9.17) is 26.4 Å². The first-order chi connectivity index (χ1) is 19.1. The molecular formula is C33H27ClN4O. The lowest BCUT2D eigenvalue weighted by atomic mass is 9.77. The Balaban J connectivity index is 1.76. The summed E-state index contributed by atoms with van der Waals surface area (Å²) in [7, 11) is 0. The van der Waals surface area contributed by atoms with Crippen LogP contribution >= 0.6 is 11.6 Å². The molecule has 0 amide bonds. The number of nitrogens with zero attached hydrogens (tertiary/aromatic N) is 4. The van der Waals surface area contributed by atoms with Crippen LogP contribution in [0, 0.1) is 0 Å². The van der Waals surface area contributed by atoms with Gasteiger partial charge in [0.05, 0.1) is 17.8 Å². The molecule has 6 aromatic rings. The van der Waals surface area contributed by atoms with Crippen molar-refractivity contribution in [2.75, 3.05) is 0 Å². The third kappa shape index (κ3) is 4.45. The summed E-state index contributed by atoms with van der Waals surface area (Å²) < 4.78 is 8.09. The van der Waals surface area contributed by atoms with Crippen molar-refractivity contribution in [1.82, 2.24) is 19.7 Å². The molecule has 3 heterocycles. The molecule has 6 heteroatoms. The average Bonchev–Trinajstić information content (AvgIpc) is 3.34. The van der Waals surface area contributed by atoms with Crippen LogP contribution in [0.5, 0.6) is 5.88 Å². The van der Waals surface area contributed by atoms with Crippen molar-refractivity contribution >= 4 is 22.5 Å². The van der Waals surface area contributed by atoms with Crippen molar-refractivity contribution in [2.45, 2.75) is 25.5 Å². The first kappa shape index (κ1) is 24.8. The molecule has 0 bridgehead atoms. The van der Waals surface area contributed by atoms with E-state index in [0.717, 1.165) is 38.9 Å². The molecule has 0 aliphatic carbocycles. The van der Waals surface area contributed by atoms with Gasteiger partial charge in [-0.05, 0) is 42.7 Å². The lowest BCUT2D eigenvalue weighted by Gasteiger charge is -2.37. The van der Waals surface area contributed by atoms with Gasteiger partial charge >= 0.3 is 0 Å². The molecule has 0 spiro atoms. The van der Waals surface area contributed by atoms with Gasteiger partial charge in [-0.25, -0.2) is 14.6 Å². The predicted octanol–water partition coefficient (Wildman–Crippen LogP) is 7.77. The molecule has 0 saturated carbocycles. The first-order valence-electron chi connectivity index (χ1n) is 12.9. The quantitative estimate of drug-likeness (QED) is 0.156. The van der Waals surface area contributed by atoms with Gasteiger partial charge in [0.15, 0.2) is 0 Å². The van der Waals surface area contributed by atoms with Crippen molar-refractivity contribution in [2.24, 2.45) is 0 Å². The summed E-state index contributed by atoms with van der Waals surface area (Å²) in [6.07, 6.45) is 3.55. The monoisotopic (exact) mass is 530 g/mol. The number of ether oxygens (including phenoxy) is 1. The third-order valence-electron chi connectivity index (χ3n) is 6.79. The Kier molecular flexibility index (Phi) is 6.59. The summed E-state index contributed by atoms with van der Waals surface area (Å²) in [6.45, 7) is 3.98. The Labute approximate surface area is 232 Å².